The molecule has 1 aliphatic rings. The van der Waals surface area contributed by atoms with E-state index in [1.165, 1.54) is 13.0 Å². The third-order valence-electron chi connectivity index (χ3n) is 8.75. The van der Waals surface area contributed by atoms with Crippen LogP contribution in [0.5, 0.6) is 0 Å². The predicted molar refractivity (Wildman–Crippen MR) is 173 cm³/mol. The lowest BCUT2D eigenvalue weighted by Crippen LogP contribution is -2.41. The quantitative estimate of drug-likeness (QED) is 0.209. The summed E-state index contributed by atoms with van der Waals surface area (Å²) in [7, 11) is 0. The number of aliphatic carboxylic acids is 1. The number of likely N-dealkylation sites (tertiary alicyclic amines) is 1. The molecule has 3 aromatic rings. The smallest absolute Gasteiger partial charge is 0.416 e. The van der Waals surface area contributed by atoms with E-state index in [2.05, 4.69) is 11.4 Å². The molecule has 4 rings (SSSR count). The summed E-state index contributed by atoms with van der Waals surface area (Å²) in [6, 6.07) is 6.38. The van der Waals surface area contributed by atoms with Gasteiger partial charge in [0.05, 0.1) is 29.7 Å². The molecule has 1 aliphatic heterocycles. The Morgan fingerprint density at radius 2 is 1.69 bits per heavy atom. The number of rotatable bonds is 12. The van der Waals surface area contributed by atoms with Crippen molar-refractivity contribution in [1.29, 1.82) is 5.26 Å². The molecule has 2 atom stereocenters. The van der Waals surface area contributed by atoms with Gasteiger partial charge in [0.2, 0.25) is 5.91 Å². The highest BCUT2D eigenvalue weighted by Crippen LogP contribution is 2.35. The number of nitrogens with zero attached hydrogens (tertiary/aromatic N) is 3. The van der Waals surface area contributed by atoms with E-state index < -0.39 is 53.5 Å². The van der Waals surface area contributed by atoms with Crippen LogP contribution in [0.15, 0.2) is 41.3 Å². The molecule has 1 fully saturated rings. The van der Waals surface area contributed by atoms with Crippen molar-refractivity contribution in [2.45, 2.75) is 78.6 Å². The van der Waals surface area contributed by atoms with E-state index in [0.717, 1.165) is 47.0 Å². The summed E-state index contributed by atoms with van der Waals surface area (Å²) in [4.78, 5) is 41.2. The van der Waals surface area contributed by atoms with E-state index in [0.29, 0.717) is 23.7 Å². The van der Waals surface area contributed by atoms with Crippen LogP contribution in [0, 0.1) is 43.8 Å². The van der Waals surface area contributed by atoms with E-state index in [4.69, 9.17) is 0 Å². The molecule has 0 aliphatic carbocycles. The second-order valence-corrected chi connectivity index (χ2v) is 13.0. The number of carboxylic acids is 1. The molecular formula is C36H40F4N4O4. The van der Waals surface area contributed by atoms with Crippen LogP contribution in [-0.4, -0.2) is 46.1 Å². The Morgan fingerprint density at radius 1 is 1.04 bits per heavy atom. The fourth-order valence-electron chi connectivity index (χ4n) is 6.34. The van der Waals surface area contributed by atoms with Crippen LogP contribution >= 0.6 is 0 Å². The first-order valence-electron chi connectivity index (χ1n) is 15.9. The third-order valence-corrected chi connectivity index (χ3v) is 8.75. The lowest BCUT2D eigenvalue weighted by Gasteiger charge is -2.31. The zero-order chi connectivity index (χ0) is 35.5. The van der Waals surface area contributed by atoms with Gasteiger partial charge in [0.25, 0.3) is 5.56 Å². The van der Waals surface area contributed by atoms with Crippen molar-refractivity contribution in [3.63, 3.8) is 0 Å². The molecule has 2 aromatic carbocycles. The molecule has 2 heterocycles. The van der Waals surface area contributed by atoms with Gasteiger partial charge in [-0.2, -0.15) is 18.4 Å². The number of alkyl halides is 3. The maximum atomic E-state index is 15.8. The number of carbonyl (C=O) groups excluding carboxylic acids is 1. The third kappa shape index (κ3) is 8.31. The summed E-state index contributed by atoms with van der Waals surface area (Å²) in [5.41, 5.74) is 1.10. The molecule has 0 saturated carbocycles. The second-order valence-electron chi connectivity index (χ2n) is 13.0. The van der Waals surface area contributed by atoms with Gasteiger partial charge >= 0.3 is 12.1 Å². The lowest BCUT2D eigenvalue weighted by atomic mass is 9.89. The number of carboxylic acid groups (broad SMARTS) is 1. The minimum Gasteiger partial charge on any atom is -0.481 e. The number of pyridine rings is 1. The zero-order valence-corrected chi connectivity index (χ0v) is 27.7. The van der Waals surface area contributed by atoms with Crippen molar-refractivity contribution >= 4 is 11.9 Å². The Morgan fingerprint density at radius 3 is 2.21 bits per heavy atom. The number of aryl methyl sites for hydroxylation is 3. The van der Waals surface area contributed by atoms with Gasteiger partial charge in [0.15, 0.2) is 0 Å². The first-order chi connectivity index (χ1) is 22.5. The Balaban J connectivity index is 1.78. The summed E-state index contributed by atoms with van der Waals surface area (Å²) in [6.07, 6.45) is -3.38. The van der Waals surface area contributed by atoms with Gasteiger partial charge in [0.1, 0.15) is 11.9 Å². The van der Waals surface area contributed by atoms with E-state index in [1.54, 1.807) is 45.9 Å². The fourth-order valence-corrected chi connectivity index (χ4v) is 6.34. The molecular weight excluding hydrogens is 628 g/mol. The Bertz CT molecular complexity index is 1780. The molecule has 8 nitrogen and oxygen atoms in total. The molecule has 48 heavy (non-hydrogen) atoms. The Labute approximate surface area is 277 Å². The average molecular weight is 669 g/mol. The van der Waals surface area contributed by atoms with E-state index in [1.807, 2.05) is 4.90 Å². The summed E-state index contributed by atoms with van der Waals surface area (Å²) in [6.45, 7) is 10.6. The zero-order valence-electron chi connectivity index (χ0n) is 27.7. The van der Waals surface area contributed by atoms with Crippen LogP contribution in [0.4, 0.5) is 17.6 Å². The average Bonchev–Trinajstić information content (AvgIpc) is 2.95. The summed E-state index contributed by atoms with van der Waals surface area (Å²) >= 11 is 0. The Kier molecular flexibility index (Phi) is 11.1. The minimum absolute atomic E-state index is 0.0121. The number of amides is 1. The van der Waals surface area contributed by atoms with Crippen molar-refractivity contribution < 1.29 is 32.3 Å². The number of hydrogen-bond donors (Lipinski definition) is 2. The molecule has 0 spiro atoms. The first kappa shape index (κ1) is 36.3. The molecule has 256 valence electrons. The van der Waals surface area contributed by atoms with Crippen LogP contribution in [-0.2, 0) is 22.2 Å². The van der Waals surface area contributed by atoms with Gasteiger partial charge in [-0.05, 0) is 117 Å². The molecule has 1 saturated heterocycles. The number of hydrogen-bond acceptors (Lipinski definition) is 5. The van der Waals surface area contributed by atoms with Gasteiger partial charge in [-0.3, -0.25) is 14.4 Å². The predicted octanol–water partition coefficient (Wildman–Crippen LogP) is 6.64. The van der Waals surface area contributed by atoms with Crippen LogP contribution in [0.1, 0.15) is 84.1 Å². The normalized spacial score (nSPS) is 14.7. The summed E-state index contributed by atoms with van der Waals surface area (Å²) < 4.78 is 58.8. The molecule has 12 heteroatoms. The Hall–Kier alpha value is -4.50. The van der Waals surface area contributed by atoms with E-state index >= 15 is 4.39 Å². The van der Waals surface area contributed by atoms with Gasteiger partial charge < -0.3 is 19.9 Å². The van der Waals surface area contributed by atoms with Gasteiger partial charge in [-0.1, -0.05) is 13.8 Å². The minimum atomic E-state index is -4.78. The standard InChI is InChI=1S/C36H40F4N4O4/c1-20(2)11-30(44-19-25(7-10-43-8-6-9-43)28(16-31(44)45)36(38,39)40)35(48)42-29(17-32(46)47)27-15-26(14-23(5)34(27)37)33-21(3)12-24(18-41)13-22(33)4/h12-16,19-20,29-30H,6-11,17H2,1-5H3,(H,42,48)(H,46,47). The highest BCUT2D eigenvalue weighted by molar-refractivity contribution is 5.82. The van der Waals surface area contributed by atoms with Crippen LogP contribution in [0.25, 0.3) is 11.1 Å². The SMILES string of the molecule is Cc1cc(-c2c(C)cc(C#N)cc2C)cc(C(CC(=O)O)NC(=O)C(CC(C)C)n2cc(CCN3CCC3)c(C(F)(F)F)cc2=O)c1F. The summed E-state index contributed by atoms with van der Waals surface area (Å²) in [5, 5.41) is 21.8. The van der Waals surface area contributed by atoms with Crippen molar-refractivity contribution in [3.05, 3.63) is 91.6 Å². The van der Waals surface area contributed by atoms with Crippen LogP contribution < -0.4 is 10.9 Å². The number of nitrogens with one attached hydrogen (secondary N) is 1. The van der Waals surface area contributed by atoms with Crippen molar-refractivity contribution in [2.75, 3.05) is 19.6 Å². The van der Waals surface area contributed by atoms with E-state index in [9.17, 15) is 37.9 Å². The van der Waals surface area contributed by atoms with Gasteiger partial charge in [0, 0.05) is 24.4 Å². The molecule has 1 aromatic heterocycles. The monoisotopic (exact) mass is 668 g/mol. The highest BCUT2D eigenvalue weighted by Gasteiger charge is 2.36. The van der Waals surface area contributed by atoms with Crippen LogP contribution in [0.3, 0.4) is 0 Å². The largest absolute Gasteiger partial charge is 0.481 e. The molecule has 0 bridgehead atoms. The van der Waals surface area contributed by atoms with Gasteiger partial charge in [-0.25, -0.2) is 4.39 Å². The topological polar surface area (TPSA) is 115 Å². The first-order valence-corrected chi connectivity index (χ1v) is 15.9. The number of aromatic nitrogens is 1. The van der Waals surface area contributed by atoms with Crippen LogP contribution in [0.2, 0.25) is 0 Å². The molecule has 1 amide bonds. The number of carbonyl (C=O) groups is 2. The maximum absolute atomic E-state index is 15.8. The molecule has 2 unspecified atom stereocenters. The fraction of sp³-hybridized carbons (Fsp3) is 0.444. The molecule has 0 radical (unpaired) electrons. The van der Waals surface area contributed by atoms with E-state index in [-0.39, 0.29) is 35.4 Å². The summed E-state index contributed by atoms with van der Waals surface area (Å²) in [5.74, 6) is -3.07. The highest BCUT2D eigenvalue weighted by atomic mass is 19.4. The van der Waals surface area contributed by atoms with Crippen molar-refractivity contribution in [3.8, 4) is 17.2 Å². The van der Waals surface area contributed by atoms with Gasteiger partial charge in [-0.15, -0.1) is 0 Å². The maximum Gasteiger partial charge on any atom is 0.416 e. The lowest BCUT2D eigenvalue weighted by molar-refractivity contribution is -0.139. The number of nitriles is 1. The number of halogens is 4. The van der Waals surface area contributed by atoms with Crippen molar-refractivity contribution in [2.24, 2.45) is 5.92 Å². The number of benzene rings is 2. The van der Waals surface area contributed by atoms with Crippen molar-refractivity contribution in [1.82, 2.24) is 14.8 Å². The molecule has 2 N–H and O–H groups in total. The second kappa shape index (κ2) is 14.7.